The summed E-state index contributed by atoms with van der Waals surface area (Å²) in [4.78, 5) is 26.8. The second-order valence-corrected chi connectivity index (χ2v) is 6.76. The fourth-order valence-corrected chi connectivity index (χ4v) is 3.09. The molecule has 2 aromatic carbocycles. The Kier molecular flexibility index (Phi) is 8.56. The van der Waals surface area contributed by atoms with Crippen LogP contribution in [0.1, 0.15) is 55.5 Å². The minimum Gasteiger partial charge on any atom is -0.339 e. The van der Waals surface area contributed by atoms with Crippen molar-refractivity contribution in [1.82, 2.24) is 4.90 Å². The second-order valence-electron chi connectivity index (χ2n) is 6.76. The Bertz CT molecular complexity index is 722. The van der Waals surface area contributed by atoms with E-state index in [-0.39, 0.29) is 11.8 Å². The zero-order chi connectivity index (χ0) is 19.5. The van der Waals surface area contributed by atoms with Crippen LogP contribution in [0, 0.1) is 0 Å². The van der Waals surface area contributed by atoms with Crippen LogP contribution in [0.15, 0.2) is 54.6 Å². The first kappa shape index (κ1) is 20.7. The molecule has 0 saturated carbocycles. The Labute approximate surface area is 162 Å². The quantitative estimate of drug-likeness (QED) is 0.649. The molecule has 2 rings (SSSR count). The van der Waals surface area contributed by atoms with Crippen molar-refractivity contribution in [2.75, 3.05) is 18.4 Å². The zero-order valence-corrected chi connectivity index (χ0v) is 16.4. The standard InChI is InChI=1S/C23H30N2O2/c1-3-16-25(17-4-2)23(27)20-13-9-14-21(18-20)24-22(26)15-8-12-19-10-6-5-7-11-19/h5-7,9-11,13-14,18H,3-4,8,12,15-17H2,1-2H3,(H,24,26). The topological polar surface area (TPSA) is 49.4 Å². The van der Waals surface area contributed by atoms with Gasteiger partial charge in [-0.05, 0) is 49.4 Å². The third-order valence-corrected chi connectivity index (χ3v) is 4.38. The van der Waals surface area contributed by atoms with Crippen LogP contribution in [0.5, 0.6) is 0 Å². The number of benzene rings is 2. The number of nitrogens with one attached hydrogen (secondary N) is 1. The molecule has 0 bridgehead atoms. The number of nitrogens with zero attached hydrogens (tertiary/aromatic N) is 1. The van der Waals surface area contributed by atoms with E-state index in [4.69, 9.17) is 0 Å². The highest BCUT2D eigenvalue weighted by Crippen LogP contribution is 2.14. The first-order valence-electron chi connectivity index (χ1n) is 9.87. The fraction of sp³-hybridized carbons (Fsp3) is 0.391. The zero-order valence-electron chi connectivity index (χ0n) is 16.4. The van der Waals surface area contributed by atoms with Crippen molar-refractivity contribution in [1.29, 1.82) is 0 Å². The highest BCUT2D eigenvalue weighted by atomic mass is 16.2. The molecule has 0 heterocycles. The van der Waals surface area contributed by atoms with Gasteiger partial charge in [-0.15, -0.1) is 0 Å². The van der Waals surface area contributed by atoms with E-state index in [1.165, 1.54) is 5.56 Å². The van der Waals surface area contributed by atoms with Crippen LogP contribution in [-0.2, 0) is 11.2 Å². The summed E-state index contributed by atoms with van der Waals surface area (Å²) in [5.41, 5.74) is 2.54. The molecule has 0 aliphatic heterocycles. The Morgan fingerprint density at radius 1 is 0.926 bits per heavy atom. The maximum Gasteiger partial charge on any atom is 0.253 e. The summed E-state index contributed by atoms with van der Waals surface area (Å²) in [6.45, 7) is 5.65. The maximum atomic E-state index is 12.7. The number of anilines is 1. The molecule has 4 heteroatoms. The molecule has 1 N–H and O–H groups in total. The predicted octanol–water partition coefficient (Wildman–Crippen LogP) is 4.91. The fourth-order valence-electron chi connectivity index (χ4n) is 3.09. The predicted molar refractivity (Wildman–Crippen MR) is 111 cm³/mol. The van der Waals surface area contributed by atoms with Crippen LogP contribution in [-0.4, -0.2) is 29.8 Å². The Balaban J connectivity index is 1.90. The molecule has 4 nitrogen and oxygen atoms in total. The number of hydrogen-bond acceptors (Lipinski definition) is 2. The molecular weight excluding hydrogens is 336 g/mol. The number of carbonyl (C=O) groups is 2. The lowest BCUT2D eigenvalue weighted by molar-refractivity contribution is -0.116. The second kappa shape index (κ2) is 11.2. The molecule has 0 atom stereocenters. The van der Waals surface area contributed by atoms with E-state index in [0.717, 1.165) is 38.8 Å². The third kappa shape index (κ3) is 6.89. The van der Waals surface area contributed by atoms with E-state index in [1.807, 2.05) is 41.3 Å². The van der Waals surface area contributed by atoms with Gasteiger partial charge >= 0.3 is 0 Å². The molecule has 0 aliphatic carbocycles. The van der Waals surface area contributed by atoms with Crippen LogP contribution in [0.2, 0.25) is 0 Å². The molecule has 0 aromatic heterocycles. The molecule has 2 amide bonds. The molecule has 0 aliphatic rings. The number of rotatable bonds is 10. The van der Waals surface area contributed by atoms with Crippen molar-refractivity contribution >= 4 is 17.5 Å². The van der Waals surface area contributed by atoms with E-state index >= 15 is 0 Å². The monoisotopic (exact) mass is 366 g/mol. The normalized spacial score (nSPS) is 10.4. The van der Waals surface area contributed by atoms with Crippen molar-refractivity contribution in [2.45, 2.75) is 46.0 Å². The Morgan fingerprint density at radius 2 is 1.63 bits per heavy atom. The number of carbonyl (C=O) groups excluding carboxylic acids is 2. The smallest absolute Gasteiger partial charge is 0.253 e. The number of aryl methyl sites for hydroxylation is 1. The minimum atomic E-state index is -0.0190. The van der Waals surface area contributed by atoms with Gasteiger partial charge < -0.3 is 10.2 Å². The van der Waals surface area contributed by atoms with E-state index < -0.39 is 0 Å². The van der Waals surface area contributed by atoms with Gasteiger partial charge in [0.1, 0.15) is 0 Å². The summed E-state index contributed by atoms with van der Waals surface area (Å²) in [5, 5.41) is 2.92. The summed E-state index contributed by atoms with van der Waals surface area (Å²) >= 11 is 0. The molecule has 144 valence electrons. The lowest BCUT2D eigenvalue weighted by Crippen LogP contribution is -2.32. The van der Waals surface area contributed by atoms with Crippen molar-refractivity contribution in [2.24, 2.45) is 0 Å². The van der Waals surface area contributed by atoms with Gasteiger partial charge in [-0.1, -0.05) is 50.2 Å². The van der Waals surface area contributed by atoms with Gasteiger partial charge in [-0.25, -0.2) is 0 Å². The van der Waals surface area contributed by atoms with Gasteiger partial charge in [0.2, 0.25) is 5.91 Å². The van der Waals surface area contributed by atoms with Gasteiger partial charge in [0, 0.05) is 30.8 Å². The van der Waals surface area contributed by atoms with Crippen molar-refractivity contribution in [3.05, 3.63) is 65.7 Å². The number of amides is 2. The average molecular weight is 367 g/mol. The highest BCUT2D eigenvalue weighted by molar-refractivity contribution is 5.97. The van der Waals surface area contributed by atoms with Crippen LogP contribution in [0.4, 0.5) is 5.69 Å². The van der Waals surface area contributed by atoms with Gasteiger partial charge in [0.05, 0.1) is 0 Å². The van der Waals surface area contributed by atoms with E-state index in [1.54, 1.807) is 6.07 Å². The molecular formula is C23H30N2O2. The lowest BCUT2D eigenvalue weighted by Gasteiger charge is -2.21. The van der Waals surface area contributed by atoms with Gasteiger partial charge in [0.25, 0.3) is 5.91 Å². The first-order valence-corrected chi connectivity index (χ1v) is 9.87. The molecule has 0 spiro atoms. The largest absolute Gasteiger partial charge is 0.339 e. The van der Waals surface area contributed by atoms with Gasteiger partial charge in [-0.2, -0.15) is 0 Å². The van der Waals surface area contributed by atoms with Crippen LogP contribution < -0.4 is 5.32 Å². The summed E-state index contributed by atoms with van der Waals surface area (Å²) in [7, 11) is 0. The van der Waals surface area contributed by atoms with Crippen molar-refractivity contribution in [3.63, 3.8) is 0 Å². The van der Waals surface area contributed by atoms with Crippen LogP contribution in [0.3, 0.4) is 0 Å². The molecule has 27 heavy (non-hydrogen) atoms. The van der Waals surface area contributed by atoms with E-state index in [2.05, 4.69) is 31.3 Å². The lowest BCUT2D eigenvalue weighted by atomic mass is 10.1. The molecule has 0 unspecified atom stereocenters. The van der Waals surface area contributed by atoms with Gasteiger partial charge in [0.15, 0.2) is 0 Å². The first-order chi connectivity index (χ1) is 13.1. The summed E-state index contributed by atoms with van der Waals surface area (Å²) < 4.78 is 0. The third-order valence-electron chi connectivity index (χ3n) is 4.38. The SMILES string of the molecule is CCCN(CCC)C(=O)c1cccc(NC(=O)CCCc2ccccc2)c1. The molecule has 2 aromatic rings. The minimum absolute atomic E-state index is 0.0190. The Hall–Kier alpha value is -2.62. The van der Waals surface area contributed by atoms with Crippen molar-refractivity contribution < 1.29 is 9.59 Å². The Morgan fingerprint density at radius 3 is 2.30 bits per heavy atom. The number of hydrogen-bond donors (Lipinski definition) is 1. The average Bonchev–Trinajstić information content (AvgIpc) is 2.68. The summed E-state index contributed by atoms with van der Waals surface area (Å²) in [6.07, 6.45) is 4.02. The van der Waals surface area contributed by atoms with Crippen LogP contribution >= 0.6 is 0 Å². The van der Waals surface area contributed by atoms with Crippen LogP contribution in [0.25, 0.3) is 0 Å². The van der Waals surface area contributed by atoms with Crippen molar-refractivity contribution in [3.8, 4) is 0 Å². The van der Waals surface area contributed by atoms with Gasteiger partial charge in [-0.3, -0.25) is 9.59 Å². The van der Waals surface area contributed by atoms with E-state index in [0.29, 0.717) is 17.7 Å². The highest BCUT2D eigenvalue weighted by Gasteiger charge is 2.15. The molecule has 0 radical (unpaired) electrons. The molecule has 0 fully saturated rings. The van der Waals surface area contributed by atoms with E-state index in [9.17, 15) is 9.59 Å². The molecule has 0 saturated heterocycles. The summed E-state index contributed by atoms with van der Waals surface area (Å²) in [5.74, 6) is 0.00776. The summed E-state index contributed by atoms with van der Waals surface area (Å²) in [6, 6.07) is 17.4. The maximum absolute atomic E-state index is 12.7.